The quantitative estimate of drug-likeness (QED) is 0.403. The smallest absolute Gasteiger partial charge is 0.0889 e. The normalized spacial score (nSPS) is 11.8. The zero-order valence-electron chi connectivity index (χ0n) is 12.3. The van der Waals surface area contributed by atoms with Crippen molar-refractivity contribution in [2.75, 3.05) is 52.6 Å². The van der Waals surface area contributed by atoms with Gasteiger partial charge in [-0.05, 0) is 5.56 Å². The number of benzene rings is 1. The van der Waals surface area contributed by atoms with E-state index in [1.54, 1.807) is 0 Å². The summed E-state index contributed by atoms with van der Waals surface area (Å²) < 4.78 is 0. The summed E-state index contributed by atoms with van der Waals surface area (Å²) in [6, 6.07) is 9.71. The summed E-state index contributed by atoms with van der Waals surface area (Å²) in [4.78, 5) is 3.89. The molecule has 0 unspecified atom stereocenters. The van der Waals surface area contributed by atoms with Crippen molar-refractivity contribution in [1.29, 1.82) is 0 Å². The summed E-state index contributed by atoms with van der Waals surface area (Å²) >= 11 is 0. The molecule has 0 fully saturated rings. The van der Waals surface area contributed by atoms with Gasteiger partial charge in [0.15, 0.2) is 0 Å². The Balaban J connectivity index is 3.06. The lowest BCUT2D eigenvalue weighted by atomic mass is 10.1. The summed E-state index contributed by atoms with van der Waals surface area (Å²) in [5, 5.41) is 37.0. The molecule has 1 aromatic carbocycles. The lowest BCUT2D eigenvalue weighted by molar-refractivity contribution is 0.00222. The molecule has 0 aliphatic rings. The maximum Gasteiger partial charge on any atom is 0.0889 e. The van der Waals surface area contributed by atoms with Crippen LogP contribution in [0.15, 0.2) is 30.3 Å². The van der Waals surface area contributed by atoms with Crippen LogP contribution in [0.2, 0.25) is 0 Å². The van der Waals surface area contributed by atoms with E-state index < -0.39 is 0 Å². The maximum absolute atomic E-state index is 9.26. The molecule has 0 heterocycles. The van der Waals surface area contributed by atoms with Crippen molar-refractivity contribution in [3.8, 4) is 0 Å². The van der Waals surface area contributed by atoms with Gasteiger partial charge in [0.2, 0.25) is 0 Å². The molecule has 0 aromatic heterocycles. The van der Waals surface area contributed by atoms with E-state index >= 15 is 0 Å². The minimum atomic E-state index is -0.204. The van der Waals surface area contributed by atoms with Crippen LogP contribution in [0.25, 0.3) is 0 Å². The molecule has 0 amide bonds. The third-order valence-corrected chi connectivity index (χ3v) is 3.34. The van der Waals surface area contributed by atoms with Crippen molar-refractivity contribution >= 4 is 0 Å². The van der Waals surface area contributed by atoms with Crippen molar-refractivity contribution in [2.24, 2.45) is 0 Å². The van der Waals surface area contributed by atoms with Crippen molar-refractivity contribution in [2.45, 2.75) is 6.17 Å². The van der Waals surface area contributed by atoms with E-state index in [2.05, 4.69) is 0 Å². The van der Waals surface area contributed by atoms with Crippen LogP contribution in [0.1, 0.15) is 11.7 Å². The second kappa shape index (κ2) is 10.7. The number of hydrogen-bond donors (Lipinski definition) is 4. The van der Waals surface area contributed by atoms with E-state index in [-0.39, 0.29) is 32.6 Å². The van der Waals surface area contributed by atoms with Gasteiger partial charge in [0.05, 0.1) is 32.6 Å². The van der Waals surface area contributed by atoms with E-state index in [1.807, 2.05) is 40.1 Å². The standard InChI is InChI=1S/C15H26N2O4/c18-10-6-16(7-11-19)15(14-4-2-1-3-5-14)17(8-12-20)9-13-21/h1-5,15,18-21H,6-13H2. The van der Waals surface area contributed by atoms with Crippen LogP contribution in [0, 0.1) is 0 Å². The first-order valence-corrected chi connectivity index (χ1v) is 7.25. The fourth-order valence-electron chi connectivity index (χ4n) is 2.50. The molecule has 0 saturated carbocycles. The van der Waals surface area contributed by atoms with Gasteiger partial charge in [-0.2, -0.15) is 0 Å². The molecule has 0 radical (unpaired) electrons. The van der Waals surface area contributed by atoms with Crippen LogP contribution in [-0.2, 0) is 0 Å². The van der Waals surface area contributed by atoms with Crippen molar-refractivity contribution in [1.82, 2.24) is 9.80 Å². The second-order valence-electron chi connectivity index (χ2n) is 4.75. The first-order valence-electron chi connectivity index (χ1n) is 7.25. The van der Waals surface area contributed by atoms with Crippen molar-refractivity contribution in [3.05, 3.63) is 35.9 Å². The molecular weight excluding hydrogens is 272 g/mol. The van der Waals surface area contributed by atoms with Gasteiger partial charge in [-0.15, -0.1) is 0 Å². The van der Waals surface area contributed by atoms with Gasteiger partial charge < -0.3 is 20.4 Å². The molecule has 6 heteroatoms. The highest BCUT2D eigenvalue weighted by Gasteiger charge is 2.25. The molecule has 0 bridgehead atoms. The van der Waals surface area contributed by atoms with Crippen molar-refractivity contribution in [3.63, 3.8) is 0 Å². The minimum absolute atomic E-state index is 0.0184. The van der Waals surface area contributed by atoms with Crippen LogP contribution in [0.5, 0.6) is 0 Å². The Labute approximate surface area is 125 Å². The third-order valence-electron chi connectivity index (χ3n) is 3.34. The summed E-state index contributed by atoms with van der Waals surface area (Å²) in [7, 11) is 0. The molecule has 120 valence electrons. The summed E-state index contributed by atoms with van der Waals surface area (Å²) in [5.74, 6) is 0. The van der Waals surface area contributed by atoms with Crippen LogP contribution >= 0.6 is 0 Å². The van der Waals surface area contributed by atoms with E-state index in [4.69, 9.17) is 0 Å². The fraction of sp³-hybridized carbons (Fsp3) is 0.600. The SMILES string of the molecule is OCCN(CCO)C(c1ccccc1)N(CCO)CCO. The first kappa shape index (κ1) is 18.0. The zero-order valence-corrected chi connectivity index (χ0v) is 12.3. The summed E-state index contributed by atoms with van der Waals surface area (Å²) in [6.07, 6.45) is -0.204. The van der Waals surface area contributed by atoms with Gasteiger partial charge in [0, 0.05) is 26.2 Å². The number of aliphatic hydroxyl groups is 4. The topological polar surface area (TPSA) is 87.4 Å². The largest absolute Gasteiger partial charge is 0.395 e. The minimum Gasteiger partial charge on any atom is -0.395 e. The Morgan fingerprint density at radius 3 is 1.38 bits per heavy atom. The summed E-state index contributed by atoms with van der Waals surface area (Å²) in [6.45, 7) is 1.57. The van der Waals surface area contributed by atoms with Gasteiger partial charge in [0.1, 0.15) is 0 Å². The van der Waals surface area contributed by atoms with Crippen LogP contribution in [-0.4, -0.2) is 82.8 Å². The Kier molecular flexibility index (Phi) is 9.16. The van der Waals surface area contributed by atoms with E-state index in [0.29, 0.717) is 26.2 Å². The molecule has 21 heavy (non-hydrogen) atoms. The molecule has 6 nitrogen and oxygen atoms in total. The van der Waals surface area contributed by atoms with Crippen LogP contribution < -0.4 is 0 Å². The molecule has 1 aromatic rings. The molecule has 0 spiro atoms. The first-order chi connectivity index (χ1) is 10.3. The third kappa shape index (κ3) is 5.70. The Morgan fingerprint density at radius 2 is 1.05 bits per heavy atom. The Hall–Kier alpha value is -1.02. The van der Waals surface area contributed by atoms with E-state index in [0.717, 1.165) is 5.56 Å². The van der Waals surface area contributed by atoms with Gasteiger partial charge in [-0.25, -0.2) is 0 Å². The van der Waals surface area contributed by atoms with Gasteiger partial charge in [0.25, 0.3) is 0 Å². The highest BCUT2D eigenvalue weighted by molar-refractivity contribution is 5.18. The number of hydrogen-bond acceptors (Lipinski definition) is 6. The van der Waals surface area contributed by atoms with Crippen LogP contribution in [0.4, 0.5) is 0 Å². The average molecular weight is 298 g/mol. The highest BCUT2D eigenvalue weighted by atomic mass is 16.3. The predicted molar refractivity (Wildman–Crippen MR) is 80.7 cm³/mol. The molecule has 1 rings (SSSR count). The molecule has 0 saturated heterocycles. The lowest BCUT2D eigenvalue weighted by Crippen LogP contribution is -2.46. The maximum atomic E-state index is 9.26. The molecule has 0 atom stereocenters. The monoisotopic (exact) mass is 298 g/mol. The molecule has 0 aliphatic carbocycles. The predicted octanol–water partition coefficient (Wildman–Crippen LogP) is -0.742. The average Bonchev–Trinajstić information content (AvgIpc) is 2.49. The van der Waals surface area contributed by atoms with Gasteiger partial charge >= 0.3 is 0 Å². The van der Waals surface area contributed by atoms with E-state index in [9.17, 15) is 20.4 Å². The van der Waals surface area contributed by atoms with E-state index in [1.165, 1.54) is 0 Å². The molecular formula is C15H26N2O4. The summed E-state index contributed by atoms with van der Waals surface area (Å²) in [5.41, 5.74) is 1.00. The molecule has 0 aliphatic heterocycles. The Morgan fingerprint density at radius 1 is 0.667 bits per heavy atom. The Bertz CT molecular complexity index is 336. The highest BCUT2D eigenvalue weighted by Crippen LogP contribution is 2.24. The fourth-order valence-corrected chi connectivity index (χ4v) is 2.50. The van der Waals surface area contributed by atoms with Gasteiger partial charge in [-0.3, -0.25) is 9.80 Å². The number of nitrogens with zero attached hydrogens (tertiary/aromatic N) is 2. The molecule has 4 N–H and O–H groups in total. The number of aliphatic hydroxyl groups excluding tert-OH is 4. The lowest BCUT2D eigenvalue weighted by Gasteiger charge is -2.39. The van der Waals surface area contributed by atoms with Crippen LogP contribution in [0.3, 0.4) is 0 Å². The number of rotatable bonds is 11. The zero-order chi connectivity index (χ0) is 15.5. The van der Waals surface area contributed by atoms with Gasteiger partial charge in [-0.1, -0.05) is 30.3 Å². The van der Waals surface area contributed by atoms with Crippen molar-refractivity contribution < 1.29 is 20.4 Å². The second-order valence-corrected chi connectivity index (χ2v) is 4.75.